The van der Waals surface area contributed by atoms with E-state index in [1.807, 2.05) is 24.8 Å². The van der Waals surface area contributed by atoms with Crippen molar-refractivity contribution in [2.24, 2.45) is 11.8 Å². The van der Waals surface area contributed by atoms with Gasteiger partial charge in [-0.2, -0.15) is 0 Å². The van der Waals surface area contributed by atoms with Crippen LogP contribution in [0.2, 0.25) is 10.0 Å². The summed E-state index contributed by atoms with van der Waals surface area (Å²) in [7, 11) is 0. The highest BCUT2D eigenvalue weighted by Crippen LogP contribution is 2.33. The normalized spacial score (nSPS) is 20.4. The number of ether oxygens (including phenoxy) is 2. The molecule has 0 radical (unpaired) electrons. The number of aryl methyl sites for hydroxylation is 1. The van der Waals surface area contributed by atoms with E-state index in [0.29, 0.717) is 39.1 Å². The highest BCUT2D eigenvalue weighted by atomic mass is 35.5. The standard InChI is InChI=1S/C25H31Cl2N3O3/c1-16-24(32-17(2)22-6-5-20(26)12-23(22)27)13-21(14-29-16)33-25(31)30-11-3-4-19(15-30)18-7-9-28-10-8-18/h5-6,12-14,17-19,28H,3-4,7-11,15H2,1-2H3/t17-,19?/m1/s1. The van der Waals surface area contributed by atoms with Crippen LogP contribution in [0, 0.1) is 18.8 Å². The Labute approximate surface area is 205 Å². The molecule has 2 aromatic rings. The number of nitrogens with zero attached hydrogens (tertiary/aromatic N) is 2. The molecule has 8 heteroatoms. The maximum absolute atomic E-state index is 12.9. The molecule has 1 N–H and O–H groups in total. The quantitative estimate of drug-likeness (QED) is 0.551. The monoisotopic (exact) mass is 491 g/mol. The van der Waals surface area contributed by atoms with Gasteiger partial charge < -0.3 is 19.7 Å². The molecule has 3 heterocycles. The Hall–Kier alpha value is -2.02. The minimum Gasteiger partial charge on any atom is -0.484 e. The first-order valence-corrected chi connectivity index (χ1v) is 12.4. The van der Waals surface area contributed by atoms with Gasteiger partial charge in [-0.3, -0.25) is 4.98 Å². The average molecular weight is 492 g/mol. The zero-order chi connectivity index (χ0) is 23.4. The fourth-order valence-corrected chi connectivity index (χ4v) is 5.36. The Balaban J connectivity index is 1.40. The molecule has 0 aliphatic carbocycles. The van der Waals surface area contributed by atoms with Crippen molar-refractivity contribution < 1.29 is 14.3 Å². The van der Waals surface area contributed by atoms with Crippen molar-refractivity contribution in [3.8, 4) is 11.5 Å². The molecule has 2 aliphatic heterocycles. The fraction of sp³-hybridized carbons (Fsp3) is 0.520. The van der Waals surface area contributed by atoms with Gasteiger partial charge in [-0.05, 0) is 76.6 Å². The molecule has 1 aromatic heterocycles. The number of carbonyl (C=O) groups is 1. The van der Waals surface area contributed by atoms with Crippen molar-refractivity contribution in [3.05, 3.63) is 51.8 Å². The van der Waals surface area contributed by atoms with Crippen LogP contribution in [0.15, 0.2) is 30.5 Å². The molecule has 6 nitrogen and oxygen atoms in total. The summed E-state index contributed by atoms with van der Waals surface area (Å²) in [4.78, 5) is 19.1. The van der Waals surface area contributed by atoms with Gasteiger partial charge in [0.2, 0.25) is 0 Å². The van der Waals surface area contributed by atoms with Crippen LogP contribution < -0.4 is 14.8 Å². The van der Waals surface area contributed by atoms with Crippen LogP contribution in [-0.2, 0) is 0 Å². The Morgan fingerprint density at radius 1 is 1.18 bits per heavy atom. The number of amides is 1. The van der Waals surface area contributed by atoms with Gasteiger partial charge in [0.15, 0.2) is 5.75 Å². The van der Waals surface area contributed by atoms with Crippen LogP contribution in [0.25, 0.3) is 0 Å². The predicted molar refractivity (Wildman–Crippen MR) is 130 cm³/mol. The number of hydrogen-bond donors (Lipinski definition) is 1. The minimum atomic E-state index is -0.325. The van der Waals surface area contributed by atoms with Crippen molar-refractivity contribution in [1.82, 2.24) is 15.2 Å². The molecule has 33 heavy (non-hydrogen) atoms. The Morgan fingerprint density at radius 3 is 2.73 bits per heavy atom. The summed E-state index contributed by atoms with van der Waals surface area (Å²) >= 11 is 12.3. The van der Waals surface area contributed by atoms with Crippen LogP contribution in [-0.4, -0.2) is 42.2 Å². The molecule has 0 spiro atoms. The van der Waals surface area contributed by atoms with Gasteiger partial charge in [0, 0.05) is 34.8 Å². The topological polar surface area (TPSA) is 63.7 Å². The molecular formula is C25H31Cl2N3O3. The Morgan fingerprint density at radius 2 is 1.97 bits per heavy atom. The first-order chi connectivity index (χ1) is 15.9. The molecule has 2 fully saturated rings. The minimum absolute atomic E-state index is 0.320. The van der Waals surface area contributed by atoms with Gasteiger partial charge in [-0.1, -0.05) is 29.3 Å². The summed E-state index contributed by atoms with van der Waals surface area (Å²) in [6.07, 6.45) is 5.49. The lowest BCUT2D eigenvalue weighted by molar-refractivity contribution is 0.102. The van der Waals surface area contributed by atoms with E-state index in [-0.39, 0.29) is 12.2 Å². The number of hydrogen-bond acceptors (Lipinski definition) is 5. The number of nitrogens with one attached hydrogen (secondary N) is 1. The number of piperidine rings is 2. The number of carbonyl (C=O) groups excluding carboxylic acids is 1. The van der Waals surface area contributed by atoms with E-state index in [4.69, 9.17) is 32.7 Å². The summed E-state index contributed by atoms with van der Waals surface area (Å²) in [6.45, 7) is 7.40. The maximum Gasteiger partial charge on any atom is 0.415 e. The predicted octanol–water partition coefficient (Wildman–Crippen LogP) is 6.05. The second kappa shape index (κ2) is 10.9. The lowest BCUT2D eigenvalue weighted by atomic mass is 9.80. The molecule has 2 aliphatic rings. The second-order valence-corrected chi connectivity index (χ2v) is 9.83. The third-order valence-electron chi connectivity index (χ3n) is 6.69. The summed E-state index contributed by atoms with van der Waals surface area (Å²) in [5, 5.41) is 4.53. The number of pyridine rings is 1. The zero-order valence-electron chi connectivity index (χ0n) is 19.2. The fourth-order valence-electron chi connectivity index (χ4n) is 4.80. The first-order valence-electron chi connectivity index (χ1n) is 11.7. The smallest absolute Gasteiger partial charge is 0.415 e. The summed E-state index contributed by atoms with van der Waals surface area (Å²) < 4.78 is 11.8. The first kappa shape index (κ1) is 24.1. The van der Waals surface area contributed by atoms with E-state index in [0.717, 1.165) is 38.2 Å². The molecule has 1 unspecified atom stereocenters. The number of benzene rings is 1. The Kier molecular flexibility index (Phi) is 7.99. The molecule has 0 bridgehead atoms. The van der Waals surface area contributed by atoms with Crippen LogP contribution in [0.1, 0.15) is 50.0 Å². The summed E-state index contributed by atoms with van der Waals surface area (Å²) in [5.74, 6) is 2.15. The number of halogens is 2. The molecule has 1 amide bonds. The van der Waals surface area contributed by atoms with E-state index < -0.39 is 0 Å². The number of likely N-dealkylation sites (tertiary alicyclic amines) is 1. The maximum atomic E-state index is 12.9. The van der Waals surface area contributed by atoms with Gasteiger partial charge in [-0.15, -0.1) is 0 Å². The largest absolute Gasteiger partial charge is 0.484 e. The van der Waals surface area contributed by atoms with Crippen molar-refractivity contribution in [2.45, 2.75) is 45.6 Å². The Bertz CT molecular complexity index is 981. The van der Waals surface area contributed by atoms with E-state index in [9.17, 15) is 4.79 Å². The lowest BCUT2D eigenvalue weighted by Gasteiger charge is -2.38. The number of rotatable bonds is 5. The number of aromatic nitrogens is 1. The molecule has 2 atom stereocenters. The molecular weight excluding hydrogens is 461 g/mol. The van der Waals surface area contributed by atoms with Crippen molar-refractivity contribution in [2.75, 3.05) is 26.2 Å². The summed E-state index contributed by atoms with van der Waals surface area (Å²) in [6, 6.07) is 7.03. The van der Waals surface area contributed by atoms with Crippen molar-refractivity contribution >= 4 is 29.3 Å². The highest BCUT2D eigenvalue weighted by molar-refractivity contribution is 6.35. The third-order valence-corrected chi connectivity index (χ3v) is 7.25. The molecule has 1 aromatic carbocycles. The van der Waals surface area contributed by atoms with Crippen LogP contribution in [0.3, 0.4) is 0 Å². The van der Waals surface area contributed by atoms with Crippen LogP contribution in [0.5, 0.6) is 11.5 Å². The van der Waals surface area contributed by atoms with Gasteiger partial charge in [-0.25, -0.2) is 4.79 Å². The van der Waals surface area contributed by atoms with E-state index in [2.05, 4.69) is 10.3 Å². The SMILES string of the molecule is Cc1ncc(OC(=O)N2CCCC(C3CCNCC3)C2)cc1O[C@H](C)c1ccc(Cl)cc1Cl. The van der Waals surface area contributed by atoms with Crippen LogP contribution >= 0.6 is 23.2 Å². The third kappa shape index (κ3) is 6.11. The van der Waals surface area contributed by atoms with Crippen molar-refractivity contribution in [1.29, 1.82) is 0 Å². The average Bonchev–Trinajstić information content (AvgIpc) is 2.82. The van der Waals surface area contributed by atoms with E-state index in [1.165, 1.54) is 19.3 Å². The second-order valence-electron chi connectivity index (χ2n) is 8.98. The molecule has 4 rings (SSSR count). The van der Waals surface area contributed by atoms with Crippen LogP contribution in [0.4, 0.5) is 4.79 Å². The zero-order valence-corrected chi connectivity index (χ0v) is 20.7. The van der Waals surface area contributed by atoms with Gasteiger partial charge >= 0.3 is 6.09 Å². The summed E-state index contributed by atoms with van der Waals surface area (Å²) in [5.41, 5.74) is 1.52. The highest BCUT2D eigenvalue weighted by Gasteiger charge is 2.31. The molecule has 178 valence electrons. The van der Waals surface area contributed by atoms with Gasteiger partial charge in [0.05, 0.1) is 11.9 Å². The molecule has 0 saturated carbocycles. The molecule has 2 saturated heterocycles. The van der Waals surface area contributed by atoms with E-state index >= 15 is 0 Å². The lowest BCUT2D eigenvalue weighted by Crippen LogP contribution is -2.45. The van der Waals surface area contributed by atoms with E-state index in [1.54, 1.807) is 24.4 Å². The van der Waals surface area contributed by atoms with Gasteiger partial charge in [0.1, 0.15) is 11.9 Å². The van der Waals surface area contributed by atoms with Crippen molar-refractivity contribution in [3.63, 3.8) is 0 Å². The van der Waals surface area contributed by atoms with Gasteiger partial charge in [0.25, 0.3) is 0 Å².